The molecule has 0 atom stereocenters. The summed E-state index contributed by atoms with van der Waals surface area (Å²) in [5.41, 5.74) is 1.91. The van der Waals surface area contributed by atoms with E-state index < -0.39 is 11.7 Å². The molecule has 0 aliphatic rings. The van der Waals surface area contributed by atoms with Crippen LogP contribution in [0.3, 0.4) is 0 Å². The Hall–Kier alpha value is -3.35. The first kappa shape index (κ1) is 21.9. The SMILES string of the molecule is CN(C)C(=O)c1ccc(CNC(=O)c2ccc(NC(=O)OC(C)(C)C)cc2)cc1. The number of hydrogen-bond donors (Lipinski definition) is 2. The molecule has 2 aromatic rings. The number of ether oxygens (including phenoxy) is 1. The van der Waals surface area contributed by atoms with Gasteiger partial charge in [0.2, 0.25) is 0 Å². The maximum Gasteiger partial charge on any atom is 0.412 e. The maximum atomic E-state index is 12.3. The van der Waals surface area contributed by atoms with E-state index in [0.29, 0.717) is 23.4 Å². The summed E-state index contributed by atoms with van der Waals surface area (Å²) < 4.78 is 5.19. The van der Waals surface area contributed by atoms with E-state index in [4.69, 9.17) is 4.74 Å². The van der Waals surface area contributed by atoms with Gasteiger partial charge in [-0.15, -0.1) is 0 Å². The van der Waals surface area contributed by atoms with Gasteiger partial charge >= 0.3 is 6.09 Å². The topological polar surface area (TPSA) is 87.7 Å². The van der Waals surface area contributed by atoms with E-state index in [1.165, 1.54) is 4.90 Å². The molecule has 2 rings (SSSR count). The van der Waals surface area contributed by atoms with Crippen molar-refractivity contribution in [3.63, 3.8) is 0 Å². The Morgan fingerprint density at radius 1 is 0.897 bits per heavy atom. The van der Waals surface area contributed by atoms with Crippen molar-refractivity contribution in [2.75, 3.05) is 19.4 Å². The molecule has 0 saturated heterocycles. The van der Waals surface area contributed by atoms with Crippen molar-refractivity contribution in [2.24, 2.45) is 0 Å². The molecular weight excluding hydrogens is 370 g/mol. The summed E-state index contributed by atoms with van der Waals surface area (Å²) in [6.07, 6.45) is -0.550. The van der Waals surface area contributed by atoms with Crippen LogP contribution in [0.1, 0.15) is 47.1 Å². The number of amides is 3. The maximum absolute atomic E-state index is 12.3. The van der Waals surface area contributed by atoms with Crippen molar-refractivity contribution in [3.8, 4) is 0 Å². The Morgan fingerprint density at radius 2 is 1.45 bits per heavy atom. The summed E-state index contributed by atoms with van der Waals surface area (Å²) in [4.78, 5) is 37.5. The summed E-state index contributed by atoms with van der Waals surface area (Å²) in [5, 5.41) is 5.45. The third-order valence-corrected chi connectivity index (χ3v) is 3.85. The number of hydrogen-bond acceptors (Lipinski definition) is 4. The normalized spacial score (nSPS) is 10.8. The van der Waals surface area contributed by atoms with Crippen molar-refractivity contribution in [2.45, 2.75) is 32.9 Å². The lowest BCUT2D eigenvalue weighted by atomic mass is 10.1. The van der Waals surface area contributed by atoms with Crippen LogP contribution in [0, 0.1) is 0 Å². The average molecular weight is 397 g/mol. The zero-order valence-corrected chi connectivity index (χ0v) is 17.4. The second-order valence-corrected chi connectivity index (χ2v) is 7.78. The van der Waals surface area contributed by atoms with E-state index in [2.05, 4.69) is 10.6 Å². The predicted molar refractivity (Wildman–Crippen MR) is 112 cm³/mol. The van der Waals surface area contributed by atoms with Gasteiger partial charge < -0.3 is 15.0 Å². The minimum atomic E-state index is -0.581. The van der Waals surface area contributed by atoms with Gasteiger partial charge in [-0.3, -0.25) is 14.9 Å². The van der Waals surface area contributed by atoms with Gasteiger partial charge in [-0.2, -0.15) is 0 Å². The van der Waals surface area contributed by atoms with E-state index in [1.54, 1.807) is 71.3 Å². The molecule has 0 fully saturated rings. The molecule has 0 aromatic heterocycles. The van der Waals surface area contributed by atoms with Gasteiger partial charge in [0.05, 0.1) is 0 Å². The van der Waals surface area contributed by atoms with Gasteiger partial charge in [-0.05, 0) is 62.7 Å². The van der Waals surface area contributed by atoms with Gasteiger partial charge in [0.25, 0.3) is 11.8 Å². The first-order chi connectivity index (χ1) is 13.5. The number of nitrogens with one attached hydrogen (secondary N) is 2. The fraction of sp³-hybridized carbons (Fsp3) is 0.318. The quantitative estimate of drug-likeness (QED) is 0.806. The van der Waals surface area contributed by atoms with Crippen LogP contribution >= 0.6 is 0 Å². The smallest absolute Gasteiger partial charge is 0.412 e. The molecule has 3 amide bonds. The summed E-state index contributed by atoms with van der Waals surface area (Å²) in [7, 11) is 3.40. The molecule has 154 valence electrons. The van der Waals surface area contributed by atoms with Crippen molar-refractivity contribution >= 4 is 23.6 Å². The molecular formula is C22H27N3O4. The van der Waals surface area contributed by atoms with Crippen molar-refractivity contribution in [3.05, 3.63) is 65.2 Å². The zero-order valence-electron chi connectivity index (χ0n) is 17.4. The van der Waals surface area contributed by atoms with Crippen LogP contribution < -0.4 is 10.6 Å². The highest BCUT2D eigenvalue weighted by Crippen LogP contribution is 2.13. The van der Waals surface area contributed by atoms with Crippen molar-refractivity contribution < 1.29 is 19.1 Å². The van der Waals surface area contributed by atoms with Crippen LogP contribution in [0.5, 0.6) is 0 Å². The zero-order chi connectivity index (χ0) is 21.6. The van der Waals surface area contributed by atoms with Gasteiger partial charge in [0, 0.05) is 37.5 Å². The molecule has 0 spiro atoms. The largest absolute Gasteiger partial charge is 0.444 e. The number of carbonyl (C=O) groups is 3. The first-order valence-electron chi connectivity index (χ1n) is 9.24. The lowest BCUT2D eigenvalue weighted by Crippen LogP contribution is -2.27. The second-order valence-electron chi connectivity index (χ2n) is 7.78. The molecule has 29 heavy (non-hydrogen) atoms. The van der Waals surface area contributed by atoms with Crippen molar-refractivity contribution in [1.82, 2.24) is 10.2 Å². The van der Waals surface area contributed by atoms with Gasteiger partial charge in [0.15, 0.2) is 0 Å². The monoisotopic (exact) mass is 397 g/mol. The number of rotatable bonds is 5. The van der Waals surface area contributed by atoms with Crippen molar-refractivity contribution in [1.29, 1.82) is 0 Å². The molecule has 7 heteroatoms. The Morgan fingerprint density at radius 3 is 1.97 bits per heavy atom. The molecule has 0 aliphatic carbocycles. The second kappa shape index (κ2) is 9.23. The predicted octanol–water partition coefficient (Wildman–Crippen LogP) is 3.67. The van der Waals surface area contributed by atoms with Gasteiger partial charge in [-0.1, -0.05) is 12.1 Å². The number of benzene rings is 2. The Kier molecular flexibility index (Phi) is 6.98. The Labute approximate surface area is 171 Å². The third kappa shape index (κ3) is 6.95. The lowest BCUT2D eigenvalue weighted by Gasteiger charge is -2.19. The van der Waals surface area contributed by atoms with E-state index in [9.17, 15) is 14.4 Å². The van der Waals surface area contributed by atoms with E-state index >= 15 is 0 Å². The number of nitrogens with zero attached hydrogens (tertiary/aromatic N) is 1. The Balaban J connectivity index is 1.89. The van der Waals surface area contributed by atoms with Crippen LogP contribution in [-0.4, -0.2) is 42.5 Å². The van der Waals surface area contributed by atoms with Gasteiger partial charge in [0.1, 0.15) is 5.60 Å². The summed E-state index contributed by atoms with van der Waals surface area (Å²) in [6.45, 7) is 5.70. The molecule has 0 bridgehead atoms. The number of carbonyl (C=O) groups excluding carboxylic acids is 3. The standard InChI is InChI=1S/C22H27N3O4/c1-22(2,3)29-21(28)24-18-12-10-16(11-13-18)19(26)23-14-15-6-8-17(9-7-15)20(27)25(4)5/h6-13H,14H2,1-5H3,(H,23,26)(H,24,28). The third-order valence-electron chi connectivity index (χ3n) is 3.85. The van der Waals surface area contributed by atoms with E-state index in [-0.39, 0.29) is 11.8 Å². The molecule has 2 aromatic carbocycles. The summed E-state index contributed by atoms with van der Waals surface area (Å²) >= 11 is 0. The average Bonchev–Trinajstić information content (AvgIpc) is 2.65. The molecule has 2 N–H and O–H groups in total. The lowest BCUT2D eigenvalue weighted by molar-refractivity contribution is 0.0635. The summed E-state index contributed by atoms with van der Waals surface area (Å²) in [6, 6.07) is 13.6. The van der Waals surface area contributed by atoms with Crippen LogP contribution in [0.4, 0.5) is 10.5 Å². The highest BCUT2D eigenvalue weighted by molar-refractivity contribution is 5.95. The molecule has 0 radical (unpaired) electrons. The summed E-state index contributed by atoms with van der Waals surface area (Å²) in [5.74, 6) is -0.303. The van der Waals surface area contributed by atoms with Crippen LogP contribution in [-0.2, 0) is 11.3 Å². The minimum Gasteiger partial charge on any atom is -0.444 e. The highest BCUT2D eigenvalue weighted by atomic mass is 16.6. The fourth-order valence-electron chi connectivity index (χ4n) is 2.43. The number of anilines is 1. The minimum absolute atomic E-state index is 0.0688. The van der Waals surface area contributed by atoms with E-state index in [0.717, 1.165) is 5.56 Å². The first-order valence-corrected chi connectivity index (χ1v) is 9.24. The molecule has 0 unspecified atom stereocenters. The van der Waals surface area contributed by atoms with Crippen LogP contribution in [0.15, 0.2) is 48.5 Å². The van der Waals surface area contributed by atoms with Crippen LogP contribution in [0.2, 0.25) is 0 Å². The highest BCUT2D eigenvalue weighted by Gasteiger charge is 2.16. The molecule has 0 saturated carbocycles. The molecule has 0 aliphatic heterocycles. The Bertz CT molecular complexity index is 866. The van der Waals surface area contributed by atoms with E-state index in [1.807, 2.05) is 12.1 Å². The fourth-order valence-corrected chi connectivity index (χ4v) is 2.43. The van der Waals surface area contributed by atoms with Crippen LogP contribution in [0.25, 0.3) is 0 Å². The molecule has 0 heterocycles. The van der Waals surface area contributed by atoms with Gasteiger partial charge in [-0.25, -0.2) is 4.79 Å². The molecule has 7 nitrogen and oxygen atoms in total.